The molecule has 0 saturated carbocycles. The topological polar surface area (TPSA) is 106 Å². The molecule has 2 amide bonds. The zero-order valence-electron chi connectivity index (χ0n) is 15.3. The average molecular weight is 389 g/mol. The van der Waals surface area contributed by atoms with Gasteiger partial charge in [0.2, 0.25) is 0 Å². The number of nitrogens with one attached hydrogen (secondary N) is 1. The van der Waals surface area contributed by atoms with E-state index < -0.39 is 16.7 Å². The van der Waals surface area contributed by atoms with Crippen LogP contribution in [0.2, 0.25) is 0 Å². The first kappa shape index (κ1) is 18.2. The van der Waals surface area contributed by atoms with Gasteiger partial charge in [-0.15, -0.1) is 0 Å². The normalized spacial score (nSPS) is 15.1. The fraction of sp³-hybridized carbons (Fsp3) is 0.0476. The molecule has 4 rings (SSSR count). The molecular formula is C21H15N3O5. The first-order valence-corrected chi connectivity index (χ1v) is 8.71. The minimum atomic E-state index is -0.523. The smallest absolute Gasteiger partial charge is 0.282 e. The molecule has 1 aromatic heterocycles. The SMILES string of the molecule is Cc1cccc(N2NC(=O)C(=Cc3ccc(-c4ccc([N+](=O)[O-])cc4)o3)C2=O)c1. The van der Waals surface area contributed by atoms with Crippen molar-refractivity contribution in [3.05, 3.63) is 87.7 Å². The lowest BCUT2D eigenvalue weighted by Gasteiger charge is -2.14. The molecule has 144 valence electrons. The Morgan fingerprint density at radius 3 is 2.52 bits per heavy atom. The second-order valence-corrected chi connectivity index (χ2v) is 6.48. The summed E-state index contributed by atoms with van der Waals surface area (Å²) in [6, 6.07) is 16.4. The number of nitro benzene ring substituents is 1. The van der Waals surface area contributed by atoms with Gasteiger partial charge < -0.3 is 4.42 Å². The molecule has 8 heteroatoms. The Morgan fingerprint density at radius 2 is 1.83 bits per heavy atom. The molecule has 1 aliphatic rings. The fourth-order valence-corrected chi connectivity index (χ4v) is 2.98. The molecule has 1 aliphatic heterocycles. The number of hydrogen-bond donors (Lipinski definition) is 1. The van der Waals surface area contributed by atoms with Crippen LogP contribution in [0.5, 0.6) is 0 Å². The maximum absolute atomic E-state index is 12.7. The number of benzene rings is 2. The summed E-state index contributed by atoms with van der Waals surface area (Å²) in [6.07, 6.45) is 1.38. The van der Waals surface area contributed by atoms with Crippen molar-refractivity contribution in [2.75, 3.05) is 5.01 Å². The zero-order valence-corrected chi connectivity index (χ0v) is 15.3. The van der Waals surface area contributed by atoms with E-state index in [1.807, 2.05) is 13.0 Å². The lowest BCUT2D eigenvalue weighted by Crippen LogP contribution is -2.35. The van der Waals surface area contributed by atoms with E-state index in [1.54, 1.807) is 42.5 Å². The van der Waals surface area contributed by atoms with E-state index in [9.17, 15) is 19.7 Å². The van der Waals surface area contributed by atoms with Crippen molar-refractivity contribution < 1.29 is 18.9 Å². The van der Waals surface area contributed by atoms with Gasteiger partial charge in [-0.2, -0.15) is 0 Å². The quantitative estimate of drug-likeness (QED) is 0.317. The number of rotatable bonds is 4. The second-order valence-electron chi connectivity index (χ2n) is 6.48. The van der Waals surface area contributed by atoms with Gasteiger partial charge >= 0.3 is 0 Å². The number of hydrazine groups is 1. The Bertz CT molecular complexity index is 1160. The van der Waals surface area contributed by atoms with Gasteiger partial charge in [-0.1, -0.05) is 12.1 Å². The standard InChI is InChI=1S/C21H15N3O5/c1-13-3-2-4-16(11-13)23-21(26)18(20(25)22-23)12-17-9-10-19(29-17)14-5-7-15(8-6-14)24(27)28/h2-12H,1H3,(H,22,25). The molecule has 1 fully saturated rings. The van der Waals surface area contributed by atoms with E-state index in [1.165, 1.54) is 23.2 Å². The molecule has 0 radical (unpaired) electrons. The number of nitro groups is 1. The molecule has 0 aliphatic carbocycles. The summed E-state index contributed by atoms with van der Waals surface area (Å²) >= 11 is 0. The maximum atomic E-state index is 12.7. The Balaban J connectivity index is 1.59. The molecule has 0 bridgehead atoms. The number of hydrogen-bond acceptors (Lipinski definition) is 5. The highest BCUT2D eigenvalue weighted by molar-refractivity contribution is 6.31. The second kappa shape index (κ2) is 7.08. The number of carbonyl (C=O) groups excluding carboxylic acids is 2. The first-order chi connectivity index (χ1) is 13.9. The first-order valence-electron chi connectivity index (χ1n) is 8.71. The molecular weight excluding hydrogens is 374 g/mol. The van der Waals surface area contributed by atoms with Crippen molar-refractivity contribution in [1.82, 2.24) is 5.43 Å². The third-order valence-electron chi connectivity index (χ3n) is 4.43. The average Bonchev–Trinajstić information content (AvgIpc) is 3.28. The van der Waals surface area contributed by atoms with Crippen LogP contribution in [-0.2, 0) is 9.59 Å². The van der Waals surface area contributed by atoms with Crippen molar-refractivity contribution in [2.45, 2.75) is 6.92 Å². The summed E-state index contributed by atoms with van der Waals surface area (Å²) in [7, 11) is 0. The summed E-state index contributed by atoms with van der Waals surface area (Å²) < 4.78 is 5.69. The van der Waals surface area contributed by atoms with E-state index >= 15 is 0 Å². The van der Waals surface area contributed by atoms with Crippen LogP contribution in [0.3, 0.4) is 0 Å². The third kappa shape index (κ3) is 3.51. The molecule has 0 atom stereocenters. The summed E-state index contributed by atoms with van der Waals surface area (Å²) in [4.78, 5) is 35.2. The maximum Gasteiger partial charge on any atom is 0.282 e. The van der Waals surface area contributed by atoms with Gasteiger partial charge in [-0.25, -0.2) is 5.01 Å². The van der Waals surface area contributed by atoms with E-state index in [4.69, 9.17) is 4.42 Å². The molecule has 29 heavy (non-hydrogen) atoms. The number of furan rings is 1. The van der Waals surface area contributed by atoms with Crippen molar-refractivity contribution in [2.24, 2.45) is 0 Å². The Morgan fingerprint density at radius 1 is 1.07 bits per heavy atom. The molecule has 3 aromatic rings. The molecule has 8 nitrogen and oxygen atoms in total. The van der Waals surface area contributed by atoms with Crippen molar-refractivity contribution >= 4 is 29.3 Å². The monoisotopic (exact) mass is 389 g/mol. The number of non-ortho nitro benzene ring substituents is 1. The summed E-state index contributed by atoms with van der Waals surface area (Å²) in [5.41, 5.74) is 4.65. The van der Waals surface area contributed by atoms with Gasteiger partial charge in [-0.05, 0) is 55.0 Å². The predicted octanol–water partition coefficient (Wildman–Crippen LogP) is 3.62. The Hall–Kier alpha value is -4.20. The minimum absolute atomic E-state index is 0.0212. The predicted molar refractivity (Wildman–Crippen MR) is 106 cm³/mol. The van der Waals surface area contributed by atoms with Crippen LogP contribution in [0.1, 0.15) is 11.3 Å². The summed E-state index contributed by atoms with van der Waals surface area (Å²) in [6.45, 7) is 1.89. The zero-order chi connectivity index (χ0) is 20.5. The number of aryl methyl sites for hydroxylation is 1. The van der Waals surface area contributed by atoms with Gasteiger partial charge in [-0.3, -0.25) is 25.1 Å². The summed E-state index contributed by atoms with van der Waals surface area (Å²) in [5.74, 6) is -0.213. The van der Waals surface area contributed by atoms with Crippen molar-refractivity contribution in [3.63, 3.8) is 0 Å². The van der Waals surface area contributed by atoms with Gasteiger partial charge in [0.15, 0.2) is 0 Å². The molecule has 2 aromatic carbocycles. The highest BCUT2D eigenvalue weighted by Crippen LogP contribution is 2.27. The van der Waals surface area contributed by atoms with Crippen molar-refractivity contribution in [3.8, 4) is 11.3 Å². The molecule has 2 heterocycles. The van der Waals surface area contributed by atoms with E-state index in [0.717, 1.165) is 5.56 Å². The van der Waals surface area contributed by atoms with Gasteiger partial charge in [0.25, 0.3) is 17.5 Å². The van der Waals surface area contributed by atoms with Crippen LogP contribution in [0, 0.1) is 17.0 Å². The Kier molecular flexibility index (Phi) is 4.44. The molecule has 1 N–H and O–H groups in total. The van der Waals surface area contributed by atoms with E-state index in [2.05, 4.69) is 5.43 Å². The largest absolute Gasteiger partial charge is 0.457 e. The number of amides is 2. The number of nitrogens with zero attached hydrogens (tertiary/aromatic N) is 2. The third-order valence-corrected chi connectivity index (χ3v) is 4.43. The van der Waals surface area contributed by atoms with Gasteiger partial charge in [0.1, 0.15) is 17.1 Å². The Labute approximate surface area is 165 Å². The minimum Gasteiger partial charge on any atom is -0.457 e. The lowest BCUT2D eigenvalue weighted by molar-refractivity contribution is -0.384. The highest BCUT2D eigenvalue weighted by Gasteiger charge is 2.34. The van der Waals surface area contributed by atoms with Crippen LogP contribution in [0.15, 0.2) is 70.7 Å². The van der Waals surface area contributed by atoms with Crippen LogP contribution in [-0.4, -0.2) is 16.7 Å². The van der Waals surface area contributed by atoms with Crippen molar-refractivity contribution in [1.29, 1.82) is 0 Å². The highest BCUT2D eigenvalue weighted by atomic mass is 16.6. The number of carbonyl (C=O) groups is 2. The molecule has 0 spiro atoms. The van der Waals surface area contributed by atoms with Gasteiger partial charge in [0.05, 0.1) is 10.6 Å². The van der Waals surface area contributed by atoms with Crippen LogP contribution in [0.4, 0.5) is 11.4 Å². The molecule has 0 unspecified atom stereocenters. The lowest BCUT2D eigenvalue weighted by atomic mass is 10.1. The number of anilines is 1. The molecule has 1 saturated heterocycles. The van der Waals surface area contributed by atoms with Crippen LogP contribution >= 0.6 is 0 Å². The summed E-state index contributed by atoms with van der Waals surface area (Å²) in [5, 5.41) is 12.0. The fourth-order valence-electron chi connectivity index (χ4n) is 2.98. The van der Waals surface area contributed by atoms with Crippen LogP contribution in [0.25, 0.3) is 17.4 Å². The van der Waals surface area contributed by atoms with E-state index in [0.29, 0.717) is 22.8 Å². The van der Waals surface area contributed by atoms with Crippen LogP contribution < -0.4 is 10.4 Å². The van der Waals surface area contributed by atoms with Gasteiger partial charge in [0, 0.05) is 17.7 Å². The van der Waals surface area contributed by atoms with E-state index in [-0.39, 0.29) is 11.3 Å².